The van der Waals surface area contributed by atoms with Gasteiger partial charge in [0.1, 0.15) is 5.01 Å². The molecule has 112 valence electrons. The summed E-state index contributed by atoms with van der Waals surface area (Å²) in [5, 5.41) is 1.30. The molecule has 2 N–H and O–H groups in total. The molecular weight excluding hydrogens is 276 g/mol. The number of aromatic nitrogens is 1. The molecule has 1 aromatic carbocycles. The van der Waals surface area contributed by atoms with Gasteiger partial charge in [-0.25, -0.2) is 4.98 Å². The van der Waals surface area contributed by atoms with Crippen LogP contribution in [0.2, 0.25) is 0 Å². The number of benzene rings is 1. The molecule has 1 aliphatic carbocycles. The second kappa shape index (κ2) is 6.29. The third-order valence-corrected chi connectivity index (χ3v) is 6.07. The first-order valence-electron chi connectivity index (χ1n) is 8.05. The van der Waals surface area contributed by atoms with Crippen molar-refractivity contribution < 1.29 is 0 Å². The SMILES string of the molecule is CCc1nc(C2(c3ccccc3)CCCCC2)sc1CN. The molecule has 0 unspecified atom stereocenters. The Kier molecular flexibility index (Phi) is 4.41. The zero-order valence-electron chi connectivity index (χ0n) is 12.8. The van der Waals surface area contributed by atoms with Gasteiger partial charge in [0.2, 0.25) is 0 Å². The number of rotatable bonds is 4. The summed E-state index contributed by atoms with van der Waals surface area (Å²) in [6.07, 6.45) is 7.37. The minimum Gasteiger partial charge on any atom is -0.326 e. The Morgan fingerprint density at radius 2 is 1.86 bits per heavy atom. The lowest BCUT2D eigenvalue weighted by Crippen LogP contribution is -2.30. The fraction of sp³-hybridized carbons (Fsp3) is 0.500. The average Bonchev–Trinajstić information content (AvgIpc) is 3.00. The smallest absolute Gasteiger partial charge is 0.104 e. The van der Waals surface area contributed by atoms with E-state index >= 15 is 0 Å². The highest BCUT2D eigenvalue weighted by atomic mass is 32.1. The van der Waals surface area contributed by atoms with E-state index in [-0.39, 0.29) is 5.41 Å². The molecule has 1 saturated carbocycles. The Balaban J connectivity index is 2.09. The average molecular weight is 300 g/mol. The van der Waals surface area contributed by atoms with Gasteiger partial charge in [0, 0.05) is 16.8 Å². The molecule has 21 heavy (non-hydrogen) atoms. The summed E-state index contributed by atoms with van der Waals surface area (Å²) in [5.74, 6) is 0. The fourth-order valence-corrected chi connectivity index (χ4v) is 4.86. The quantitative estimate of drug-likeness (QED) is 0.908. The van der Waals surface area contributed by atoms with Gasteiger partial charge in [0.15, 0.2) is 0 Å². The van der Waals surface area contributed by atoms with E-state index in [1.807, 2.05) is 11.3 Å². The maximum Gasteiger partial charge on any atom is 0.104 e. The van der Waals surface area contributed by atoms with Crippen LogP contribution >= 0.6 is 11.3 Å². The van der Waals surface area contributed by atoms with Gasteiger partial charge < -0.3 is 5.73 Å². The van der Waals surface area contributed by atoms with Gasteiger partial charge in [-0.3, -0.25) is 0 Å². The first-order chi connectivity index (χ1) is 10.3. The fourth-order valence-electron chi connectivity index (χ4n) is 3.56. The number of aryl methyl sites for hydroxylation is 1. The van der Waals surface area contributed by atoms with Crippen molar-refractivity contribution in [3.8, 4) is 0 Å². The maximum absolute atomic E-state index is 5.92. The van der Waals surface area contributed by atoms with E-state index in [1.165, 1.54) is 53.2 Å². The van der Waals surface area contributed by atoms with Crippen molar-refractivity contribution in [1.29, 1.82) is 0 Å². The van der Waals surface area contributed by atoms with Gasteiger partial charge >= 0.3 is 0 Å². The predicted octanol–water partition coefficient (Wildman–Crippen LogP) is 4.41. The van der Waals surface area contributed by atoms with Crippen LogP contribution in [0.3, 0.4) is 0 Å². The summed E-state index contributed by atoms with van der Waals surface area (Å²) in [6, 6.07) is 11.0. The normalized spacial score (nSPS) is 17.8. The first kappa shape index (κ1) is 14.7. The molecule has 0 bridgehead atoms. The summed E-state index contributed by atoms with van der Waals surface area (Å²) in [5.41, 5.74) is 8.69. The molecule has 2 aromatic rings. The summed E-state index contributed by atoms with van der Waals surface area (Å²) in [6.45, 7) is 2.79. The van der Waals surface area contributed by atoms with Crippen LogP contribution < -0.4 is 5.73 Å². The van der Waals surface area contributed by atoms with Crippen LogP contribution in [0.1, 0.15) is 60.2 Å². The Morgan fingerprint density at radius 3 is 2.43 bits per heavy atom. The summed E-state index contributed by atoms with van der Waals surface area (Å²) in [4.78, 5) is 6.28. The van der Waals surface area contributed by atoms with Crippen LogP contribution in [0.4, 0.5) is 0 Å². The minimum absolute atomic E-state index is 0.127. The lowest BCUT2D eigenvalue weighted by molar-refractivity contribution is 0.344. The highest BCUT2D eigenvalue weighted by molar-refractivity contribution is 7.12. The van der Waals surface area contributed by atoms with Crippen LogP contribution in [0, 0.1) is 0 Å². The molecule has 2 nitrogen and oxygen atoms in total. The van der Waals surface area contributed by atoms with Crippen molar-refractivity contribution in [2.75, 3.05) is 0 Å². The van der Waals surface area contributed by atoms with Crippen molar-refractivity contribution in [3.05, 3.63) is 51.5 Å². The highest BCUT2D eigenvalue weighted by Gasteiger charge is 2.38. The van der Waals surface area contributed by atoms with Crippen molar-refractivity contribution in [3.63, 3.8) is 0 Å². The summed E-state index contributed by atoms with van der Waals surface area (Å²) >= 11 is 1.85. The topological polar surface area (TPSA) is 38.9 Å². The largest absolute Gasteiger partial charge is 0.326 e. The van der Waals surface area contributed by atoms with Crippen LogP contribution in [0.25, 0.3) is 0 Å². The van der Waals surface area contributed by atoms with Gasteiger partial charge in [-0.2, -0.15) is 0 Å². The van der Waals surface area contributed by atoms with Gasteiger partial charge in [-0.05, 0) is 24.8 Å². The Labute approximate surface area is 131 Å². The molecule has 1 heterocycles. The van der Waals surface area contributed by atoms with Crippen LogP contribution in [0.15, 0.2) is 30.3 Å². The van der Waals surface area contributed by atoms with Crippen molar-refractivity contribution in [1.82, 2.24) is 4.98 Å². The van der Waals surface area contributed by atoms with E-state index in [0.717, 1.165) is 6.42 Å². The Hall–Kier alpha value is -1.19. The standard InChI is InChI=1S/C18H24N2S/c1-2-15-16(13-19)21-17(20-15)18(11-7-4-8-12-18)14-9-5-3-6-10-14/h3,5-6,9-10H,2,4,7-8,11-13,19H2,1H3. The van der Waals surface area contributed by atoms with Gasteiger partial charge in [-0.1, -0.05) is 56.5 Å². The van der Waals surface area contributed by atoms with Crippen molar-refractivity contribution in [2.45, 2.75) is 57.4 Å². The monoisotopic (exact) mass is 300 g/mol. The van der Waals surface area contributed by atoms with E-state index in [9.17, 15) is 0 Å². The van der Waals surface area contributed by atoms with Crippen molar-refractivity contribution in [2.24, 2.45) is 5.73 Å². The van der Waals surface area contributed by atoms with Gasteiger partial charge in [0.05, 0.1) is 5.69 Å². The van der Waals surface area contributed by atoms with Gasteiger partial charge in [0.25, 0.3) is 0 Å². The molecule has 0 saturated heterocycles. The molecule has 0 radical (unpaired) electrons. The van der Waals surface area contributed by atoms with E-state index in [1.54, 1.807) is 0 Å². The molecule has 0 spiro atoms. The molecule has 1 aliphatic rings. The van der Waals surface area contributed by atoms with E-state index in [2.05, 4.69) is 37.3 Å². The zero-order chi connectivity index (χ0) is 14.7. The molecule has 0 amide bonds. The number of hydrogen-bond donors (Lipinski definition) is 1. The van der Waals surface area contributed by atoms with E-state index in [4.69, 9.17) is 10.7 Å². The third kappa shape index (κ3) is 2.65. The molecule has 1 aromatic heterocycles. The molecule has 1 fully saturated rings. The summed E-state index contributed by atoms with van der Waals surface area (Å²) in [7, 11) is 0. The molecule has 3 rings (SSSR count). The van der Waals surface area contributed by atoms with E-state index < -0.39 is 0 Å². The highest BCUT2D eigenvalue weighted by Crippen LogP contribution is 2.46. The molecule has 0 atom stereocenters. The van der Waals surface area contributed by atoms with Crippen LogP contribution in [-0.4, -0.2) is 4.98 Å². The molecule has 0 aliphatic heterocycles. The maximum atomic E-state index is 5.92. The van der Waals surface area contributed by atoms with Gasteiger partial charge in [-0.15, -0.1) is 11.3 Å². The van der Waals surface area contributed by atoms with Crippen LogP contribution in [0.5, 0.6) is 0 Å². The Morgan fingerprint density at radius 1 is 1.14 bits per heavy atom. The van der Waals surface area contributed by atoms with Crippen LogP contribution in [-0.2, 0) is 18.4 Å². The van der Waals surface area contributed by atoms with Crippen molar-refractivity contribution >= 4 is 11.3 Å². The number of hydrogen-bond acceptors (Lipinski definition) is 3. The lowest BCUT2D eigenvalue weighted by Gasteiger charge is -2.36. The first-order valence-corrected chi connectivity index (χ1v) is 8.86. The number of nitrogens with two attached hydrogens (primary N) is 1. The second-order valence-electron chi connectivity index (χ2n) is 5.96. The minimum atomic E-state index is 0.127. The molecule has 3 heteroatoms. The number of thiazole rings is 1. The predicted molar refractivity (Wildman–Crippen MR) is 89.7 cm³/mol. The zero-order valence-corrected chi connectivity index (χ0v) is 13.6. The lowest BCUT2D eigenvalue weighted by atomic mass is 9.70. The summed E-state index contributed by atoms with van der Waals surface area (Å²) < 4.78 is 0. The second-order valence-corrected chi connectivity index (χ2v) is 7.04. The Bertz CT molecular complexity index is 561. The van der Waals surface area contributed by atoms with E-state index in [0.29, 0.717) is 6.54 Å². The number of nitrogens with zero attached hydrogens (tertiary/aromatic N) is 1. The molecular formula is C18H24N2S. The third-order valence-electron chi connectivity index (χ3n) is 4.74.